The first-order chi connectivity index (χ1) is 19.0. The quantitative estimate of drug-likeness (QED) is 0.357. The van der Waals surface area contributed by atoms with Crippen LogP contribution in [-0.2, 0) is 22.6 Å². The zero-order valence-electron chi connectivity index (χ0n) is 22.1. The van der Waals surface area contributed by atoms with Crippen LogP contribution in [0.1, 0.15) is 43.9 Å². The van der Waals surface area contributed by atoms with E-state index in [0.29, 0.717) is 36.5 Å². The van der Waals surface area contributed by atoms with Gasteiger partial charge in [0.15, 0.2) is 0 Å². The number of aromatic nitrogens is 2. The SMILES string of the molecule is CCCCNC(=O)CN1CCCC1Cn1nc(Cc2ccc(Cl)cc2)c2ccccc2c1=O.O=C(O)C(F)(F)F. The van der Waals surface area contributed by atoms with Crippen LogP contribution in [0.15, 0.2) is 53.3 Å². The zero-order valence-corrected chi connectivity index (χ0v) is 22.8. The lowest BCUT2D eigenvalue weighted by Gasteiger charge is -2.24. The van der Waals surface area contributed by atoms with Crippen LogP contribution in [0.4, 0.5) is 13.2 Å². The first kappa shape index (κ1) is 31.1. The van der Waals surface area contributed by atoms with Gasteiger partial charge in [-0.2, -0.15) is 18.3 Å². The second-order valence-corrected chi connectivity index (χ2v) is 9.99. The van der Waals surface area contributed by atoms with E-state index in [2.05, 4.69) is 17.1 Å². The highest BCUT2D eigenvalue weighted by Gasteiger charge is 2.38. The van der Waals surface area contributed by atoms with Crippen molar-refractivity contribution in [3.8, 4) is 0 Å². The molecular formula is C28H32ClF3N4O4. The summed E-state index contributed by atoms with van der Waals surface area (Å²) in [7, 11) is 0. The Morgan fingerprint density at radius 1 is 1.12 bits per heavy atom. The van der Waals surface area contributed by atoms with Gasteiger partial charge in [0.05, 0.1) is 24.2 Å². The number of alkyl halides is 3. The van der Waals surface area contributed by atoms with Gasteiger partial charge in [-0.05, 0) is 49.6 Å². The van der Waals surface area contributed by atoms with Crippen LogP contribution in [0.3, 0.4) is 0 Å². The number of halogens is 4. The molecule has 1 saturated heterocycles. The minimum Gasteiger partial charge on any atom is -0.475 e. The van der Waals surface area contributed by atoms with E-state index in [9.17, 15) is 22.8 Å². The fourth-order valence-corrected chi connectivity index (χ4v) is 4.64. The van der Waals surface area contributed by atoms with Crippen LogP contribution in [-0.4, -0.2) is 63.5 Å². The average molecular weight is 581 g/mol. The lowest BCUT2D eigenvalue weighted by molar-refractivity contribution is -0.192. The van der Waals surface area contributed by atoms with Gasteiger partial charge in [0.2, 0.25) is 5.91 Å². The van der Waals surface area contributed by atoms with Crippen molar-refractivity contribution in [1.29, 1.82) is 0 Å². The summed E-state index contributed by atoms with van der Waals surface area (Å²) in [6.45, 7) is 4.55. The molecule has 0 radical (unpaired) electrons. The van der Waals surface area contributed by atoms with Crippen molar-refractivity contribution in [2.75, 3.05) is 19.6 Å². The molecule has 2 heterocycles. The molecule has 1 fully saturated rings. The number of hydrogen-bond acceptors (Lipinski definition) is 5. The number of fused-ring (bicyclic) bond motifs is 1. The number of carbonyl (C=O) groups is 2. The first-order valence-corrected chi connectivity index (χ1v) is 13.4. The van der Waals surface area contributed by atoms with Crippen LogP contribution >= 0.6 is 11.6 Å². The van der Waals surface area contributed by atoms with Gasteiger partial charge in [-0.1, -0.05) is 55.3 Å². The average Bonchev–Trinajstić information content (AvgIpc) is 3.34. The number of unbranched alkanes of at least 4 members (excludes halogenated alkanes) is 1. The number of carbonyl (C=O) groups excluding carboxylic acids is 1. The molecule has 2 aromatic carbocycles. The highest BCUT2D eigenvalue weighted by molar-refractivity contribution is 6.30. The molecule has 1 unspecified atom stereocenters. The van der Waals surface area contributed by atoms with E-state index in [1.165, 1.54) is 0 Å². The number of likely N-dealkylation sites (tertiary alicyclic amines) is 1. The van der Waals surface area contributed by atoms with E-state index in [4.69, 9.17) is 26.6 Å². The number of carboxylic acids is 1. The summed E-state index contributed by atoms with van der Waals surface area (Å²) >= 11 is 6.04. The summed E-state index contributed by atoms with van der Waals surface area (Å²) in [6.07, 6.45) is -0.446. The summed E-state index contributed by atoms with van der Waals surface area (Å²) in [6, 6.07) is 15.5. The molecule has 1 amide bonds. The Morgan fingerprint density at radius 3 is 2.40 bits per heavy atom. The summed E-state index contributed by atoms with van der Waals surface area (Å²) < 4.78 is 33.3. The molecule has 40 heavy (non-hydrogen) atoms. The molecule has 0 spiro atoms. The molecule has 8 nitrogen and oxygen atoms in total. The van der Waals surface area contributed by atoms with Crippen LogP contribution in [0, 0.1) is 0 Å². The standard InChI is InChI=1S/C26H31ClN4O2.C2HF3O2/c1-2-3-14-28-25(32)18-30-15-6-7-21(30)17-31-26(33)23-9-5-4-8-22(23)24(29-31)16-19-10-12-20(27)13-11-19;3-2(4,5)1(6)7/h4-5,8-13,21H,2-3,6-7,14-18H2,1H3,(H,28,32);(H,6,7). The number of nitrogens with one attached hydrogen (secondary N) is 1. The molecule has 1 atom stereocenters. The van der Waals surface area contributed by atoms with Crippen molar-refractivity contribution in [3.05, 3.63) is 75.2 Å². The predicted molar refractivity (Wildman–Crippen MR) is 146 cm³/mol. The van der Waals surface area contributed by atoms with Crippen molar-refractivity contribution in [1.82, 2.24) is 20.0 Å². The largest absolute Gasteiger partial charge is 0.490 e. The third-order valence-electron chi connectivity index (χ3n) is 6.55. The Balaban J connectivity index is 0.000000559. The smallest absolute Gasteiger partial charge is 0.475 e. The molecule has 0 aliphatic carbocycles. The van der Waals surface area contributed by atoms with Gasteiger partial charge in [0.1, 0.15) is 0 Å². The van der Waals surface area contributed by atoms with Gasteiger partial charge in [0.25, 0.3) is 5.56 Å². The number of aliphatic carboxylic acids is 1. The Bertz CT molecular complexity index is 1360. The number of rotatable bonds is 9. The molecule has 2 N–H and O–H groups in total. The van der Waals surface area contributed by atoms with Crippen LogP contribution in [0.25, 0.3) is 10.8 Å². The van der Waals surface area contributed by atoms with Crippen LogP contribution in [0.2, 0.25) is 5.02 Å². The molecular weight excluding hydrogens is 549 g/mol. The number of amides is 1. The molecule has 1 aromatic heterocycles. The minimum atomic E-state index is -5.08. The van der Waals surface area contributed by atoms with Crippen molar-refractivity contribution in [2.45, 2.75) is 57.8 Å². The highest BCUT2D eigenvalue weighted by atomic mass is 35.5. The molecule has 0 saturated carbocycles. The molecule has 4 rings (SSSR count). The van der Waals surface area contributed by atoms with Gasteiger partial charge in [-0.25, -0.2) is 9.48 Å². The fraction of sp³-hybridized carbons (Fsp3) is 0.429. The Labute approximate surface area is 234 Å². The molecule has 216 valence electrons. The van der Waals surface area contributed by atoms with E-state index in [1.807, 2.05) is 48.5 Å². The van der Waals surface area contributed by atoms with E-state index < -0.39 is 12.1 Å². The topological polar surface area (TPSA) is 105 Å². The van der Waals surface area contributed by atoms with E-state index >= 15 is 0 Å². The summed E-state index contributed by atoms with van der Waals surface area (Å²) in [4.78, 5) is 36.7. The highest BCUT2D eigenvalue weighted by Crippen LogP contribution is 2.21. The molecule has 3 aromatic rings. The lowest BCUT2D eigenvalue weighted by atomic mass is 10.0. The lowest BCUT2D eigenvalue weighted by Crippen LogP contribution is -2.43. The Morgan fingerprint density at radius 2 is 1.77 bits per heavy atom. The predicted octanol–water partition coefficient (Wildman–Crippen LogP) is 4.65. The fourth-order valence-electron chi connectivity index (χ4n) is 4.51. The summed E-state index contributed by atoms with van der Waals surface area (Å²) in [5.41, 5.74) is 1.88. The Kier molecular flexibility index (Phi) is 11.1. The van der Waals surface area contributed by atoms with E-state index in [0.717, 1.165) is 48.9 Å². The van der Waals surface area contributed by atoms with E-state index in [1.54, 1.807) is 4.68 Å². The number of carboxylic acid groups (broad SMARTS) is 1. The second kappa shape index (κ2) is 14.3. The van der Waals surface area contributed by atoms with Gasteiger partial charge < -0.3 is 10.4 Å². The molecule has 12 heteroatoms. The second-order valence-electron chi connectivity index (χ2n) is 9.56. The van der Waals surface area contributed by atoms with Crippen LogP contribution in [0.5, 0.6) is 0 Å². The van der Waals surface area contributed by atoms with Crippen molar-refractivity contribution >= 4 is 34.2 Å². The van der Waals surface area contributed by atoms with Gasteiger partial charge in [-0.15, -0.1) is 0 Å². The third kappa shape index (κ3) is 8.79. The maximum absolute atomic E-state index is 13.3. The minimum absolute atomic E-state index is 0.0533. The van der Waals surface area contributed by atoms with Crippen LogP contribution < -0.4 is 10.9 Å². The number of benzene rings is 2. The summed E-state index contributed by atoms with van der Waals surface area (Å²) in [5, 5.41) is 17.2. The maximum Gasteiger partial charge on any atom is 0.490 e. The van der Waals surface area contributed by atoms with Gasteiger partial charge in [-0.3, -0.25) is 14.5 Å². The normalized spacial score (nSPS) is 15.5. The molecule has 0 bridgehead atoms. The van der Waals surface area contributed by atoms with Crippen molar-refractivity contribution in [2.24, 2.45) is 0 Å². The van der Waals surface area contributed by atoms with Gasteiger partial charge in [0, 0.05) is 29.4 Å². The van der Waals surface area contributed by atoms with Gasteiger partial charge >= 0.3 is 12.1 Å². The Hall–Kier alpha value is -3.44. The first-order valence-electron chi connectivity index (χ1n) is 13.0. The number of nitrogens with zero attached hydrogens (tertiary/aromatic N) is 3. The molecule has 1 aliphatic rings. The van der Waals surface area contributed by atoms with Crippen molar-refractivity contribution < 1.29 is 27.9 Å². The monoisotopic (exact) mass is 580 g/mol. The zero-order chi connectivity index (χ0) is 29.3. The van der Waals surface area contributed by atoms with E-state index in [-0.39, 0.29) is 17.5 Å². The maximum atomic E-state index is 13.3. The van der Waals surface area contributed by atoms with Crippen molar-refractivity contribution in [3.63, 3.8) is 0 Å². The molecule has 1 aliphatic heterocycles. The summed E-state index contributed by atoms with van der Waals surface area (Å²) in [5.74, 6) is -2.70. The third-order valence-corrected chi connectivity index (χ3v) is 6.81. The number of hydrogen-bond donors (Lipinski definition) is 2.